The van der Waals surface area contributed by atoms with E-state index in [0.717, 1.165) is 12.5 Å². The van der Waals surface area contributed by atoms with Crippen molar-refractivity contribution in [3.05, 3.63) is 47.1 Å². The summed E-state index contributed by atoms with van der Waals surface area (Å²) in [6.45, 7) is 11.7. The Bertz CT molecular complexity index is 703. The van der Waals surface area contributed by atoms with Gasteiger partial charge in [-0.05, 0) is 18.4 Å². The molecule has 2 rings (SSSR count). The van der Waals surface area contributed by atoms with Crippen LogP contribution in [0, 0.1) is 6.92 Å². The Hall–Kier alpha value is -1.64. The van der Waals surface area contributed by atoms with Crippen molar-refractivity contribution >= 4 is 29.9 Å². The molecule has 0 amide bonds. The zero-order valence-electron chi connectivity index (χ0n) is 16.5. The van der Waals surface area contributed by atoms with Gasteiger partial charge in [0, 0.05) is 19.0 Å². The van der Waals surface area contributed by atoms with Gasteiger partial charge in [-0.25, -0.2) is 0 Å². The van der Waals surface area contributed by atoms with Crippen LogP contribution in [0.25, 0.3) is 0 Å². The SMILES string of the molecule is CN=C(NCc1noc(C(C)(C)C)n1)NCC(C)c1ccc(C)cc1.I. The van der Waals surface area contributed by atoms with E-state index in [0.29, 0.717) is 24.2 Å². The molecule has 0 fully saturated rings. The smallest absolute Gasteiger partial charge is 0.232 e. The fraction of sp³-hybridized carbons (Fsp3) is 0.526. The highest BCUT2D eigenvalue weighted by Gasteiger charge is 2.21. The first-order chi connectivity index (χ1) is 11.8. The second-order valence-electron chi connectivity index (χ2n) is 7.38. The second kappa shape index (κ2) is 9.89. The minimum atomic E-state index is -0.144. The summed E-state index contributed by atoms with van der Waals surface area (Å²) in [6, 6.07) is 8.63. The Morgan fingerprint density at radius 2 is 1.85 bits per heavy atom. The Morgan fingerprint density at radius 3 is 2.38 bits per heavy atom. The molecule has 0 saturated heterocycles. The van der Waals surface area contributed by atoms with Crippen LogP contribution < -0.4 is 10.6 Å². The highest BCUT2D eigenvalue weighted by Crippen LogP contribution is 2.19. The van der Waals surface area contributed by atoms with Crippen molar-refractivity contribution in [2.24, 2.45) is 4.99 Å². The normalized spacial score (nSPS) is 13.1. The molecule has 0 bridgehead atoms. The monoisotopic (exact) mass is 471 g/mol. The molecule has 1 unspecified atom stereocenters. The van der Waals surface area contributed by atoms with Gasteiger partial charge in [0.15, 0.2) is 11.8 Å². The number of rotatable bonds is 5. The first-order valence-corrected chi connectivity index (χ1v) is 8.63. The van der Waals surface area contributed by atoms with Crippen LogP contribution in [0.4, 0.5) is 0 Å². The molecule has 7 heteroatoms. The lowest BCUT2D eigenvalue weighted by molar-refractivity contribution is 0.318. The zero-order valence-corrected chi connectivity index (χ0v) is 18.8. The van der Waals surface area contributed by atoms with Gasteiger partial charge in [0.1, 0.15) is 0 Å². The van der Waals surface area contributed by atoms with E-state index in [9.17, 15) is 0 Å². The number of aliphatic imine (C=N–C) groups is 1. The van der Waals surface area contributed by atoms with Crippen molar-refractivity contribution in [1.29, 1.82) is 0 Å². The molecule has 1 heterocycles. The second-order valence-corrected chi connectivity index (χ2v) is 7.38. The van der Waals surface area contributed by atoms with Crippen LogP contribution in [-0.4, -0.2) is 29.7 Å². The number of aryl methyl sites for hydroxylation is 1. The van der Waals surface area contributed by atoms with E-state index in [1.54, 1.807) is 7.05 Å². The molecule has 144 valence electrons. The van der Waals surface area contributed by atoms with Gasteiger partial charge in [-0.1, -0.05) is 62.7 Å². The summed E-state index contributed by atoms with van der Waals surface area (Å²) in [5.41, 5.74) is 2.44. The fourth-order valence-electron chi connectivity index (χ4n) is 2.28. The molecule has 0 aliphatic carbocycles. The largest absolute Gasteiger partial charge is 0.356 e. The Labute approximate surface area is 173 Å². The van der Waals surface area contributed by atoms with Crippen LogP contribution in [0.2, 0.25) is 0 Å². The number of hydrogen-bond acceptors (Lipinski definition) is 4. The van der Waals surface area contributed by atoms with Crippen molar-refractivity contribution in [3.8, 4) is 0 Å². The maximum atomic E-state index is 5.30. The highest BCUT2D eigenvalue weighted by atomic mass is 127. The van der Waals surface area contributed by atoms with Gasteiger partial charge in [0.25, 0.3) is 0 Å². The maximum absolute atomic E-state index is 5.30. The molecule has 2 N–H and O–H groups in total. The van der Waals surface area contributed by atoms with E-state index < -0.39 is 0 Å². The standard InChI is InChI=1S/C19H29N5O.HI/c1-13-7-9-15(10-8-13)14(2)11-21-18(20-6)22-12-16-23-17(25-24-16)19(3,4)5;/h7-10,14H,11-12H2,1-6H3,(H2,20,21,22);1H. The third kappa shape index (κ3) is 6.59. The molecular weight excluding hydrogens is 441 g/mol. The summed E-state index contributed by atoms with van der Waals surface area (Å²) in [7, 11) is 1.75. The Kier molecular flexibility index (Phi) is 8.52. The molecule has 2 aromatic rings. The van der Waals surface area contributed by atoms with Gasteiger partial charge in [0.05, 0.1) is 6.54 Å². The molecule has 0 saturated carbocycles. The van der Waals surface area contributed by atoms with E-state index in [1.807, 2.05) is 20.8 Å². The van der Waals surface area contributed by atoms with Gasteiger partial charge in [-0.3, -0.25) is 4.99 Å². The van der Waals surface area contributed by atoms with Gasteiger partial charge in [-0.2, -0.15) is 4.98 Å². The van der Waals surface area contributed by atoms with E-state index in [2.05, 4.69) is 63.9 Å². The lowest BCUT2D eigenvalue weighted by Gasteiger charge is -2.16. The number of nitrogens with one attached hydrogen (secondary N) is 2. The first kappa shape index (κ1) is 22.4. The van der Waals surface area contributed by atoms with Crippen LogP contribution >= 0.6 is 24.0 Å². The number of aromatic nitrogens is 2. The lowest BCUT2D eigenvalue weighted by atomic mass is 9.97. The molecule has 6 nitrogen and oxygen atoms in total. The number of halogens is 1. The number of nitrogens with zero attached hydrogens (tertiary/aromatic N) is 3. The highest BCUT2D eigenvalue weighted by molar-refractivity contribution is 14.0. The fourth-order valence-corrected chi connectivity index (χ4v) is 2.28. The van der Waals surface area contributed by atoms with Crippen molar-refractivity contribution in [2.45, 2.75) is 52.5 Å². The summed E-state index contributed by atoms with van der Waals surface area (Å²) >= 11 is 0. The average Bonchev–Trinajstić information content (AvgIpc) is 3.04. The molecule has 0 radical (unpaired) electrons. The minimum Gasteiger partial charge on any atom is -0.356 e. The van der Waals surface area contributed by atoms with Gasteiger partial charge in [0.2, 0.25) is 5.89 Å². The third-order valence-corrected chi connectivity index (χ3v) is 3.97. The number of benzene rings is 1. The van der Waals surface area contributed by atoms with Gasteiger partial charge in [-0.15, -0.1) is 24.0 Å². The molecule has 0 spiro atoms. The topological polar surface area (TPSA) is 75.3 Å². The number of hydrogen-bond donors (Lipinski definition) is 2. The van der Waals surface area contributed by atoms with E-state index >= 15 is 0 Å². The van der Waals surface area contributed by atoms with E-state index in [4.69, 9.17) is 4.52 Å². The van der Waals surface area contributed by atoms with Crippen molar-refractivity contribution in [1.82, 2.24) is 20.8 Å². The molecule has 26 heavy (non-hydrogen) atoms. The van der Waals surface area contributed by atoms with E-state index in [1.165, 1.54) is 11.1 Å². The first-order valence-electron chi connectivity index (χ1n) is 8.63. The predicted molar refractivity (Wildman–Crippen MR) is 116 cm³/mol. The molecule has 0 aliphatic rings. The molecule has 0 aliphatic heterocycles. The molecule has 1 aromatic heterocycles. The van der Waals surface area contributed by atoms with Crippen LogP contribution in [0.5, 0.6) is 0 Å². The van der Waals surface area contributed by atoms with Crippen molar-refractivity contribution in [2.75, 3.05) is 13.6 Å². The van der Waals surface area contributed by atoms with Crippen LogP contribution in [0.15, 0.2) is 33.8 Å². The van der Waals surface area contributed by atoms with Crippen molar-refractivity contribution < 1.29 is 4.52 Å². The average molecular weight is 471 g/mol. The molecule has 1 atom stereocenters. The minimum absolute atomic E-state index is 0. The Morgan fingerprint density at radius 1 is 1.19 bits per heavy atom. The molecule has 1 aromatic carbocycles. The van der Waals surface area contributed by atoms with Crippen LogP contribution in [0.1, 0.15) is 56.5 Å². The summed E-state index contributed by atoms with van der Waals surface area (Å²) in [4.78, 5) is 8.66. The summed E-state index contributed by atoms with van der Waals surface area (Å²) < 4.78 is 5.30. The lowest BCUT2D eigenvalue weighted by Crippen LogP contribution is -2.38. The molecular formula is C19H30IN5O. The third-order valence-electron chi connectivity index (χ3n) is 3.97. The zero-order chi connectivity index (χ0) is 18.4. The van der Waals surface area contributed by atoms with Crippen molar-refractivity contribution in [3.63, 3.8) is 0 Å². The summed E-state index contributed by atoms with van der Waals surface area (Å²) in [6.07, 6.45) is 0. The van der Waals surface area contributed by atoms with Gasteiger partial charge < -0.3 is 15.2 Å². The van der Waals surface area contributed by atoms with Gasteiger partial charge >= 0.3 is 0 Å². The Balaban J connectivity index is 0.00000338. The van der Waals surface area contributed by atoms with Crippen LogP contribution in [-0.2, 0) is 12.0 Å². The number of guanidine groups is 1. The summed E-state index contributed by atoms with van der Waals surface area (Å²) in [5.74, 6) is 2.37. The van der Waals surface area contributed by atoms with E-state index in [-0.39, 0.29) is 29.4 Å². The summed E-state index contributed by atoms with van der Waals surface area (Å²) in [5, 5.41) is 10.6. The maximum Gasteiger partial charge on any atom is 0.232 e. The predicted octanol–water partition coefficient (Wildman–Crippen LogP) is 3.76. The quantitative estimate of drug-likeness (QED) is 0.395. The van der Waals surface area contributed by atoms with Crippen LogP contribution in [0.3, 0.4) is 0 Å².